The van der Waals surface area contributed by atoms with Gasteiger partial charge >= 0.3 is 0 Å². The van der Waals surface area contributed by atoms with Gasteiger partial charge in [0.05, 0.1) is 17.5 Å². The smallest absolute Gasteiger partial charge is 0.235 e. The maximum absolute atomic E-state index is 11.9. The quantitative estimate of drug-likeness (QED) is 0.836. The van der Waals surface area contributed by atoms with Gasteiger partial charge in [-0.15, -0.1) is 0 Å². The molecule has 0 aliphatic heterocycles. The highest BCUT2D eigenvalue weighted by Crippen LogP contribution is 2.31. The number of anilines is 1. The van der Waals surface area contributed by atoms with E-state index in [1.54, 1.807) is 18.2 Å². The monoisotopic (exact) mass is 299 g/mol. The Bertz CT molecular complexity index is 627. The predicted octanol–water partition coefficient (Wildman–Crippen LogP) is 1.98. The number of aliphatic hydroxyl groups is 1. The summed E-state index contributed by atoms with van der Waals surface area (Å²) in [5.74, 6) is 5.59. The van der Waals surface area contributed by atoms with E-state index in [2.05, 4.69) is 16.6 Å². The maximum atomic E-state index is 11.9. The number of sulfonamides is 1. The molecule has 0 saturated heterocycles. The molecule has 0 radical (unpaired) electrons. The number of aliphatic hydroxyl groups excluding tert-OH is 1. The molecule has 0 amide bonds. The molecule has 102 valence electrons. The molecule has 1 fully saturated rings. The molecule has 0 heterocycles. The molecule has 0 atom stereocenters. The van der Waals surface area contributed by atoms with Gasteiger partial charge in [-0.1, -0.05) is 23.4 Å². The molecular formula is C13H14ClNO3S. The van der Waals surface area contributed by atoms with E-state index < -0.39 is 10.0 Å². The Kier molecular flexibility index (Phi) is 4.35. The van der Waals surface area contributed by atoms with Gasteiger partial charge in [-0.2, -0.15) is 0 Å². The molecule has 19 heavy (non-hydrogen) atoms. The Morgan fingerprint density at radius 2 is 2.16 bits per heavy atom. The van der Waals surface area contributed by atoms with Crippen LogP contribution >= 0.6 is 11.6 Å². The summed E-state index contributed by atoms with van der Waals surface area (Å²) in [6, 6.07) is 4.86. The van der Waals surface area contributed by atoms with Crippen molar-refractivity contribution in [2.45, 2.75) is 24.5 Å². The SMILES string of the molecule is O=S(=O)(Nc1cc(Cl)ccc1C#CCCO)C1CC1. The number of halogens is 1. The largest absolute Gasteiger partial charge is 0.395 e. The molecule has 1 aliphatic rings. The van der Waals surface area contributed by atoms with Crippen LogP contribution in [0.5, 0.6) is 0 Å². The molecule has 1 saturated carbocycles. The second-order valence-electron chi connectivity index (χ2n) is 4.31. The van der Waals surface area contributed by atoms with Crippen LogP contribution in [0.25, 0.3) is 0 Å². The zero-order valence-corrected chi connectivity index (χ0v) is 11.8. The van der Waals surface area contributed by atoms with Crippen molar-refractivity contribution in [3.05, 3.63) is 28.8 Å². The highest BCUT2D eigenvalue weighted by atomic mass is 35.5. The summed E-state index contributed by atoms with van der Waals surface area (Å²) in [7, 11) is -3.34. The summed E-state index contributed by atoms with van der Waals surface area (Å²) in [4.78, 5) is 0. The van der Waals surface area contributed by atoms with Gasteiger partial charge < -0.3 is 5.11 Å². The fourth-order valence-electron chi connectivity index (χ4n) is 1.54. The molecule has 4 nitrogen and oxygen atoms in total. The van der Waals surface area contributed by atoms with E-state index in [0.717, 1.165) is 0 Å². The Morgan fingerprint density at radius 3 is 2.79 bits per heavy atom. The van der Waals surface area contributed by atoms with E-state index in [4.69, 9.17) is 16.7 Å². The zero-order valence-electron chi connectivity index (χ0n) is 10.2. The van der Waals surface area contributed by atoms with Crippen molar-refractivity contribution in [3.63, 3.8) is 0 Å². The van der Waals surface area contributed by atoms with Crippen molar-refractivity contribution in [1.82, 2.24) is 0 Å². The zero-order chi connectivity index (χ0) is 13.9. The van der Waals surface area contributed by atoms with Crippen LogP contribution in [0, 0.1) is 11.8 Å². The van der Waals surface area contributed by atoms with Gasteiger partial charge in [0, 0.05) is 17.0 Å². The van der Waals surface area contributed by atoms with Gasteiger partial charge in [-0.05, 0) is 31.0 Å². The normalized spacial score (nSPS) is 14.6. The lowest BCUT2D eigenvalue weighted by Crippen LogP contribution is -2.18. The molecule has 1 aromatic rings. The van der Waals surface area contributed by atoms with Crippen LogP contribution in [-0.2, 0) is 10.0 Å². The van der Waals surface area contributed by atoms with Gasteiger partial charge in [0.15, 0.2) is 0 Å². The third kappa shape index (κ3) is 3.87. The van der Waals surface area contributed by atoms with E-state index in [-0.39, 0.29) is 11.9 Å². The van der Waals surface area contributed by atoms with Crippen molar-refractivity contribution in [2.24, 2.45) is 0 Å². The van der Waals surface area contributed by atoms with E-state index in [0.29, 0.717) is 35.5 Å². The van der Waals surface area contributed by atoms with Crippen LogP contribution in [0.3, 0.4) is 0 Å². The number of hydrogen-bond acceptors (Lipinski definition) is 3. The second-order valence-corrected chi connectivity index (χ2v) is 6.71. The first-order valence-electron chi connectivity index (χ1n) is 5.94. The predicted molar refractivity (Wildman–Crippen MR) is 75.6 cm³/mol. The molecule has 0 spiro atoms. The third-order valence-corrected chi connectivity index (χ3v) is 4.75. The van der Waals surface area contributed by atoms with Crippen molar-refractivity contribution in [1.29, 1.82) is 0 Å². The molecule has 2 rings (SSSR count). The van der Waals surface area contributed by atoms with Crippen LogP contribution < -0.4 is 4.72 Å². The Morgan fingerprint density at radius 1 is 1.42 bits per heavy atom. The average Bonchev–Trinajstić information content (AvgIpc) is 3.16. The van der Waals surface area contributed by atoms with Crippen LogP contribution in [0.4, 0.5) is 5.69 Å². The number of benzene rings is 1. The fourth-order valence-corrected chi connectivity index (χ4v) is 3.11. The molecule has 0 aromatic heterocycles. The summed E-state index contributed by atoms with van der Waals surface area (Å²) < 4.78 is 26.4. The number of nitrogens with one attached hydrogen (secondary N) is 1. The number of rotatable bonds is 4. The summed E-state index contributed by atoms with van der Waals surface area (Å²) in [5.41, 5.74) is 0.951. The highest BCUT2D eigenvalue weighted by molar-refractivity contribution is 7.93. The Balaban J connectivity index is 2.27. The minimum absolute atomic E-state index is 0.0241. The summed E-state index contributed by atoms with van der Waals surface area (Å²) in [6.07, 6.45) is 1.74. The van der Waals surface area contributed by atoms with E-state index >= 15 is 0 Å². The van der Waals surface area contributed by atoms with E-state index in [1.807, 2.05) is 0 Å². The maximum Gasteiger partial charge on any atom is 0.235 e. The van der Waals surface area contributed by atoms with Crippen LogP contribution in [-0.4, -0.2) is 25.4 Å². The molecule has 6 heteroatoms. The topological polar surface area (TPSA) is 66.4 Å². The molecule has 1 aliphatic carbocycles. The highest BCUT2D eigenvalue weighted by Gasteiger charge is 2.36. The van der Waals surface area contributed by atoms with Gasteiger partial charge in [0.25, 0.3) is 0 Å². The van der Waals surface area contributed by atoms with Gasteiger partial charge in [-0.3, -0.25) is 4.72 Å². The summed E-state index contributed by atoms with van der Waals surface area (Å²) in [6.45, 7) is -0.0241. The fraction of sp³-hybridized carbons (Fsp3) is 0.385. The van der Waals surface area contributed by atoms with Crippen molar-refractivity contribution in [3.8, 4) is 11.8 Å². The van der Waals surface area contributed by atoms with Gasteiger partial charge in [0.1, 0.15) is 0 Å². The molecular weight excluding hydrogens is 286 g/mol. The standard InChI is InChI=1S/C13H14ClNO3S/c14-11-5-4-10(3-1-2-8-16)13(9-11)15-19(17,18)12-6-7-12/h4-5,9,12,15-16H,2,6-8H2. The Hall–Kier alpha value is -1.22. The van der Waals surface area contributed by atoms with Crippen LogP contribution in [0.15, 0.2) is 18.2 Å². The second kappa shape index (κ2) is 5.83. The molecule has 2 N–H and O–H groups in total. The number of hydrogen-bond donors (Lipinski definition) is 2. The average molecular weight is 300 g/mol. The van der Waals surface area contributed by atoms with Crippen molar-refractivity contribution < 1.29 is 13.5 Å². The third-order valence-electron chi connectivity index (χ3n) is 2.66. The van der Waals surface area contributed by atoms with E-state index in [1.165, 1.54) is 0 Å². The first-order valence-corrected chi connectivity index (χ1v) is 7.86. The van der Waals surface area contributed by atoms with Crippen LogP contribution in [0.2, 0.25) is 5.02 Å². The minimum Gasteiger partial charge on any atom is -0.395 e. The Labute approximate surface area is 117 Å². The van der Waals surface area contributed by atoms with Gasteiger partial charge in [-0.25, -0.2) is 8.42 Å². The summed E-state index contributed by atoms with van der Waals surface area (Å²) >= 11 is 5.88. The lowest BCUT2D eigenvalue weighted by Gasteiger charge is -2.09. The van der Waals surface area contributed by atoms with Gasteiger partial charge in [0.2, 0.25) is 10.0 Å². The van der Waals surface area contributed by atoms with Crippen LogP contribution in [0.1, 0.15) is 24.8 Å². The molecule has 0 unspecified atom stereocenters. The summed E-state index contributed by atoms with van der Waals surface area (Å²) in [5, 5.41) is 8.83. The first kappa shape index (κ1) is 14.2. The van der Waals surface area contributed by atoms with E-state index in [9.17, 15) is 8.42 Å². The molecule has 0 bridgehead atoms. The lowest BCUT2D eigenvalue weighted by molar-refractivity contribution is 0.305. The minimum atomic E-state index is -3.34. The van der Waals surface area contributed by atoms with Crippen molar-refractivity contribution >= 4 is 27.3 Å². The lowest BCUT2D eigenvalue weighted by atomic mass is 10.2. The first-order chi connectivity index (χ1) is 9.03. The van der Waals surface area contributed by atoms with Crippen molar-refractivity contribution in [2.75, 3.05) is 11.3 Å². The molecule has 1 aromatic carbocycles.